The van der Waals surface area contributed by atoms with Gasteiger partial charge in [0.25, 0.3) is 0 Å². The summed E-state index contributed by atoms with van der Waals surface area (Å²) in [5.41, 5.74) is 4.21. The minimum absolute atomic E-state index is 0.312. The Balaban J connectivity index is 2.06. The van der Waals surface area contributed by atoms with Gasteiger partial charge in [-0.3, -0.25) is 4.21 Å². The fourth-order valence-electron chi connectivity index (χ4n) is 2.84. The first-order valence-corrected chi connectivity index (χ1v) is 7.39. The molecule has 1 aromatic rings. The molecule has 0 radical (unpaired) electrons. The van der Waals surface area contributed by atoms with Gasteiger partial charge in [0.1, 0.15) is 0 Å². The molecule has 1 aliphatic carbocycles. The van der Waals surface area contributed by atoms with Crippen molar-refractivity contribution in [3.05, 3.63) is 28.8 Å². The number of aryl methyl sites for hydroxylation is 2. The second-order valence-corrected chi connectivity index (χ2v) is 6.10. The highest BCUT2D eigenvalue weighted by Crippen LogP contribution is 2.35. The summed E-state index contributed by atoms with van der Waals surface area (Å²) in [6.07, 6.45) is 3.64. The van der Waals surface area contributed by atoms with Crippen LogP contribution in [0.25, 0.3) is 0 Å². The molecule has 3 heteroatoms. The van der Waals surface area contributed by atoms with Gasteiger partial charge in [-0.15, -0.1) is 0 Å². The molecule has 0 saturated carbocycles. The molecular weight excluding hydrogens is 218 g/mol. The zero-order valence-electron chi connectivity index (χ0n) is 9.58. The van der Waals surface area contributed by atoms with Crippen molar-refractivity contribution in [2.24, 2.45) is 0 Å². The lowest BCUT2D eigenvalue weighted by molar-refractivity contribution is 0.603. The van der Waals surface area contributed by atoms with Crippen molar-refractivity contribution in [3.8, 4) is 0 Å². The Labute approximate surface area is 98.9 Å². The van der Waals surface area contributed by atoms with Crippen LogP contribution in [0.3, 0.4) is 0 Å². The monoisotopic (exact) mass is 235 g/mol. The van der Waals surface area contributed by atoms with Gasteiger partial charge in [0.2, 0.25) is 0 Å². The summed E-state index contributed by atoms with van der Waals surface area (Å²) in [6.45, 7) is 3.05. The van der Waals surface area contributed by atoms with E-state index in [1.54, 1.807) is 0 Å². The summed E-state index contributed by atoms with van der Waals surface area (Å²) < 4.78 is 12.0. The molecule has 2 nitrogen and oxygen atoms in total. The van der Waals surface area contributed by atoms with Crippen LogP contribution in [0.15, 0.2) is 17.0 Å². The van der Waals surface area contributed by atoms with Gasteiger partial charge in [-0.1, -0.05) is 13.0 Å². The van der Waals surface area contributed by atoms with E-state index in [1.165, 1.54) is 36.0 Å². The van der Waals surface area contributed by atoms with Crippen LogP contribution in [0.5, 0.6) is 0 Å². The zero-order chi connectivity index (χ0) is 11.1. The lowest BCUT2D eigenvalue weighted by Gasteiger charge is -2.12. The Kier molecular flexibility index (Phi) is 2.60. The fourth-order valence-corrected chi connectivity index (χ4v) is 4.35. The highest BCUT2D eigenvalue weighted by Gasteiger charge is 2.29. The first-order valence-electron chi connectivity index (χ1n) is 6.07. The predicted octanol–water partition coefficient (Wildman–Crippen LogP) is 1.95. The molecule has 0 spiro atoms. The third-order valence-corrected chi connectivity index (χ3v) is 5.09. The molecule has 1 aliphatic heterocycles. The van der Waals surface area contributed by atoms with E-state index in [2.05, 4.69) is 24.4 Å². The normalized spacial score (nSPS) is 26.8. The van der Waals surface area contributed by atoms with Gasteiger partial charge in [0.15, 0.2) is 0 Å². The molecule has 2 unspecified atom stereocenters. The van der Waals surface area contributed by atoms with E-state index in [1.807, 2.05) is 0 Å². The molecule has 1 N–H and O–H groups in total. The standard InChI is InChI=1S/C13H17NOS/c1-2-14-12-8-16(15)13-7-10-5-3-4-9(10)6-11(12)13/h6-7,12,14H,2-5,8H2,1H3. The van der Waals surface area contributed by atoms with Crippen LogP contribution in [-0.4, -0.2) is 16.5 Å². The minimum atomic E-state index is -0.784. The lowest BCUT2D eigenvalue weighted by Crippen LogP contribution is -2.21. The van der Waals surface area contributed by atoms with E-state index in [0.717, 1.165) is 17.2 Å². The fraction of sp³-hybridized carbons (Fsp3) is 0.538. The van der Waals surface area contributed by atoms with Crippen molar-refractivity contribution in [2.45, 2.75) is 37.1 Å². The summed E-state index contributed by atoms with van der Waals surface area (Å²) in [5.74, 6) is 0.756. The summed E-state index contributed by atoms with van der Waals surface area (Å²) in [5, 5.41) is 3.43. The van der Waals surface area contributed by atoms with Crippen LogP contribution in [0.1, 0.15) is 36.1 Å². The van der Waals surface area contributed by atoms with Crippen LogP contribution < -0.4 is 5.32 Å². The highest BCUT2D eigenvalue weighted by molar-refractivity contribution is 7.85. The van der Waals surface area contributed by atoms with E-state index < -0.39 is 10.8 Å². The molecule has 2 atom stereocenters. The molecule has 0 bridgehead atoms. The molecule has 0 amide bonds. The maximum absolute atomic E-state index is 12.0. The summed E-state index contributed by atoms with van der Waals surface area (Å²) >= 11 is 0. The van der Waals surface area contributed by atoms with Crippen molar-refractivity contribution in [1.29, 1.82) is 0 Å². The molecule has 3 rings (SSSR count). The van der Waals surface area contributed by atoms with Crippen molar-refractivity contribution >= 4 is 10.8 Å². The summed E-state index contributed by atoms with van der Waals surface area (Å²) in [7, 11) is -0.784. The Morgan fingerprint density at radius 1 is 1.38 bits per heavy atom. The summed E-state index contributed by atoms with van der Waals surface area (Å²) in [6, 6.07) is 4.81. The molecule has 0 aromatic heterocycles. The average molecular weight is 235 g/mol. The topological polar surface area (TPSA) is 29.1 Å². The van der Waals surface area contributed by atoms with Gasteiger partial charge in [-0.05, 0) is 48.6 Å². The van der Waals surface area contributed by atoms with E-state index in [4.69, 9.17) is 0 Å². The van der Waals surface area contributed by atoms with Crippen molar-refractivity contribution in [2.75, 3.05) is 12.3 Å². The van der Waals surface area contributed by atoms with Gasteiger partial charge in [-0.2, -0.15) is 0 Å². The maximum atomic E-state index is 12.0. The molecule has 2 aliphatic rings. The van der Waals surface area contributed by atoms with Gasteiger partial charge >= 0.3 is 0 Å². The lowest BCUT2D eigenvalue weighted by atomic mass is 10.0. The second-order valence-electron chi connectivity index (χ2n) is 4.63. The van der Waals surface area contributed by atoms with Crippen molar-refractivity contribution in [1.82, 2.24) is 5.32 Å². The minimum Gasteiger partial charge on any atom is -0.309 e. The Bertz CT molecular complexity index is 455. The number of fused-ring (bicyclic) bond motifs is 2. The predicted molar refractivity (Wildman–Crippen MR) is 66.2 cm³/mol. The molecule has 0 fully saturated rings. The molecule has 16 heavy (non-hydrogen) atoms. The Morgan fingerprint density at radius 2 is 2.12 bits per heavy atom. The SMILES string of the molecule is CCNC1CS(=O)c2cc3c(cc21)CCC3. The molecule has 0 saturated heterocycles. The molecule has 1 aromatic carbocycles. The maximum Gasteiger partial charge on any atom is 0.0552 e. The summed E-state index contributed by atoms with van der Waals surface area (Å²) in [4.78, 5) is 1.09. The zero-order valence-corrected chi connectivity index (χ0v) is 10.4. The number of hydrogen-bond donors (Lipinski definition) is 1. The number of nitrogens with one attached hydrogen (secondary N) is 1. The van der Waals surface area contributed by atoms with Gasteiger partial charge < -0.3 is 5.32 Å². The first-order chi connectivity index (χ1) is 7.79. The van der Waals surface area contributed by atoms with Crippen molar-refractivity contribution in [3.63, 3.8) is 0 Å². The molecule has 1 heterocycles. The number of rotatable bonds is 2. The van der Waals surface area contributed by atoms with E-state index in [-0.39, 0.29) is 0 Å². The van der Waals surface area contributed by atoms with E-state index in [0.29, 0.717) is 6.04 Å². The molecular formula is C13H17NOS. The third kappa shape index (κ3) is 1.54. The average Bonchev–Trinajstić information content (AvgIpc) is 2.83. The third-order valence-electron chi connectivity index (χ3n) is 3.61. The number of hydrogen-bond acceptors (Lipinski definition) is 2. The second kappa shape index (κ2) is 3.97. The molecule has 86 valence electrons. The quantitative estimate of drug-likeness (QED) is 0.849. The number of benzene rings is 1. The van der Waals surface area contributed by atoms with E-state index in [9.17, 15) is 4.21 Å². The van der Waals surface area contributed by atoms with Gasteiger partial charge in [0.05, 0.1) is 10.8 Å². The highest BCUT2D eigenvalue weighted by atomic mass is 32.2. The largest absolute Gasteiger partial charge is 0.309 e. The van der Waals surface area contributed by atoms with Crippen LogP contribution in [0.2, 0.25) is 0 Å². The van der Waals surface area contributed by atoms with Crippen LogP contribution >= 0.6 is 0 Å². The van der Waals surface area contributed by atoms with Crippen LogP contribution in [0.4, 0.5) is 0 Å². The first kappa shape index (κ1) is 10.5. The van der Waals surface area contributed by atoms with Gasteiger partial charge in [-0.25, -0.2) is 0 Å². The van der Waals surface area contributed by atoms with Crippen molar-refractivity contribution < 1.29 is 4.21 Å². The van der Waals surface area contributed by atoms with Crippen LogP contribution in [0, 0.1) is 0 Å². The smallest absolute Gasteiger partial charge is 0.0552 e. The van der Waals surface area contributed by atoms with Crippen LogP contribution in [-0.2, 0) is 23.6 Å². The Hall–Kier alpha value is -0.670. The Morgan fingerprint density at radius 3 is 2.88 bits per heavy atom. The van der Waals surface area contributed by atoms with Gasteiger partial charge in [0, 0.05) is 16.7 Å². The van der Waals surface area contributed by atoms with E-state index >= 15 is 0 Å².